The van der Waals surface area contributed by atoms with Gasteiger partial charge in [-0.2, -0.15) is 15.0 Å². The molecule has 1 atom stereocenters. The predicted molar refractivity (Wildman–Crippen MR) is 147 cm³/mol. The second kappa shape index (κ2) is 11.8. The molecule has 9 nitrogen and oxygen atoms in total. The van der Waals surface area contributed by atoms with Gasteiger partial charge < -0.3 is 19.3 Å². The molecule has 0 saturated carbocycles. The zero-order chi connectivity index (χ0) is 27.2. The number of halogens is 1. The van der Waals surface area contributed by atoms with Crippen LogP contribution < -0.4 is 4.74 Å². The van der Waals surface area contributed by atoms with E-state index in [-0.39, 0.29) is 44.5 Å². The molecule has 1 saturated heterocycles. The highest BCUT2D eigenvalue weighted by Gasteiger charge is 2.42. The molecule has 0 radical (unpaired) electrons. The summed E-state index contributed by atoms with van der Waals surface area (Å²) in [5, 5.41) is 9.42. The van der Waals surface area contributed by atoms with E-state index in [0.717, 1.165) is 16.6 Å². The summed E-state index contributed by atoms with van der Waals surface area (Å²) >= 11 is 6.02. The summed E-state index contributed by atoms with van der Waals surface area (Å²) in [6.07, 6.45) is 0.0532. The molecule has 0 N–H and O–H groups in total. The van der Waals surface area contributed by atoms with Crippen molar-refractivity contribution in [2.24, 2.45) is 0 Å². The third kappa shape index (κ3) is 6.74. The van der Waals surface area contributed by atoms with Gasteiger partial charge in [0.15, 0.2) is 0 Å². The molecule has 3 aromatic carbocycles. The molecule has 0 spiro atoms. The van der Waals surface area contributed by atoms with Crippen LogP contribution in [0.2, 0.25) is 5.02 Å². The highest BCUT2D eigenvalue weighted by atomic mass is 35.5. The molecule has 1 aliphatic rings. The normalized spacial score (nSPS) is 17.2. The molecule has 5 rings (SSSR count). The number of carbonyl (C=O) groups is 2. The minimum absolute atomic E-state index is 0.00927. The number of hydrogen-bond donors (Lipinski definition) is 0. The Morgan fingerprint density at radius 3 is 2.36 bits per heavy atom. The molecule has 2 heterocycles. The zero-order valence-electron chi connectivity index (χ0n) is 21.7. The minimum atomic E-state index is -1.03. The van der Waals surface area contributed by atoms with Crippen molar-refractivity contribution >= 4 is 34.4 Å². The van der Waals surface area contributed by atoms with Crippen LogP contribution in [0.4, 0.5) is 0 Å². The van der Waals surface area contributed by atoms with Crippen molar-refractivity contribution in [3.63, 3.8) is 0 Å². The average Bonchev–Trinajstić information content (AvgIpc) is 3.36. The second-order valence-electron chi connectivity index (χ2n) is 9.72. The van der Waals surface area contributed by atoms with Crippen LogP contribution in [0.1, 0.15) is 12.0 Å². The minimum Gasteiger partial charge on any atom is -0.490 e. The van der Waals surface area contributed by atoms with Gasteiger partial charge in [-0.1, -0.05) is 54.1 Å². The number of nitrogens with zero attached hydrogens (tertiary/aromatic N) is 5. The Morgan fingerprint density at radius 2 is 1.67 bits per heavy atom. The van der Waals surface area contributed by atoms with E-state index in [2.05, 4.69) is 10.2 Å². The monoisotopic (exact) mass is 547 g/mol. The highest BCUT2D eigenvalue weighted by Crippen LogP contribution is 2.26. The SMILES string of the molecule is CN(Cc1ccccc1)C(=O)C[C@]1(COc2ccc(Cl)cc2)CN(C(=O)Cn2nc3ccccc3n2)CCO1. The van der Waals surface area contributed by atoms with E-state index in [1.54, 1.807) is 41.1 Å². The Morgan fingerprint density at radius 1 is 1.00 bits per heavy atom. The molecule has 1 fully saturated rings. The maximum Gasteiger partial charge on any atom is 0.246 e. The molecule has 0 unspecified atom stereocenters. The summed E-state index contributed by atoms with van der Waals surface area (Å²) < 4.78 is 12.3. The smallest absolute Gasteiger partial charge is 0.246 e. The van der Waals surface area contributed by atoms with Crippen molar-refractivity contribution in [2.75, 3.05) is 33.4 Å². The quantitative estimate of drug-likeness (QED) is 0.316. The van der Waals surface area contributed by atoms with Crippen LogP contribution >= 0.6 is 11.6 Å². The summed E-state index contributed by atoms with van der Waals surface area (Å²) in [7, 11) is 1.77. The summed E-state index contributed by atoms with van der Waals surface area (Å²) in [5.74, 6) is 0.343. The van der Waals surface area contributed by atoms with E-state index in [0.29, 0.717) is 23.9 Å². The van der Waals surface area contributed by atoms with E-state index < -0.39 is 5.60 Å². The van der Waals surface area contributed by atoms with Gasteiger partial charge in [-0.3, -0.25) is 9.59 Å². The lowest BCUT2D eigenvalue weighted by atomic mass is 9.96. The van der Waals surface area contributed by atoms with Gasteiger partial charge in [0, 0.05) is 25.2 Å². The zero-order valence-corrected chi connectivity index (χ0v) is 22.5. The van der Waals surface area contributed by atoms with Gasteiger partial charge in [-0.25, -0.2) is 0 Å². The number of aromatic nitrogens is 3. The lowest BCUT2D eigenvalue weighted by Crippen LogP contribution is -2.58. The molecule has 1 aromatic heterocycles. The van der Waals surface area contributed by atoms with Gasteiger partial charge >= 0.3 is 0 Å². The first kappa shape index (κ1) is 26.6. The summed E-state index contributed by atoms with van der Waals surface area (Å²) in [6, 6.07) is 24.3. The number of hydrogen-bond acceptors (Lipinski definition) is 6. The van der Waals surface area contributed by atoms with Gasteiger partial charge in [-0.15, -0.1) is 0 Å². The van der Waals surface area contributed by atoms with Crippen LogP contribution in [0.15, 0.2) is 78.9 Å². The number of ether oxygens (including phenoxy) is 2. The van der Waals surface area contributed by atoms with E-state index in [1.165, 1.54) is 4.80 Å². The first-order valence-electron chi connectivity index (χ1n) is 12.8. The molecular weight excluding hydrogens is 518 g/mol. The summed E-state index contributed by atoms with van der Waals surface area (Å²) in [4.78, 5) is 31.5. The number of morpholine rings is 1. The maximum absolute atomic E-state index is 13.4. The number of carbonyl (C=O) groups excluding carboxylic acids is 2. The van der Waals surface area contributed by atoms with Crippen LogP contribution in [-0.2, 0) is 27.4 Å². The van der Waals surface area contributed by atoms with Crippen LogP contribution in [-0.4, -0.2) is 75.6 Å². The first-order chi connectivity index (χ1) is 18.9. The van der Waals surface area contributed by atoms with Crippen LogP contribution in [0.3, 0.4) is 0 Å². The molecule has 39 heavy (non-hydrogen) atoms. The molecule has 10 heteroatoms. The number of rotatable bonds is 9. The summed E-state index contributed by atoms with van der Waals surface area (Å²) in [5.41, 5.74) is 1.45. The van der Waals surface area contributed by atoms with Gasteiger partial charge in [0.1, 0.15) is 35.5 Å². The molecule has 2 amide bonds. The van der Waals surface area contributed by atoms with Crippen molar-refractivity contribution in [1.29, 1.82) is 0 Å². The fraction of sp³-hybridized carbons (Fsp3) is 0.310. The van der Waals surface area contributed by atoms with E-state index in [4.69, 9.17) is 21.1 Å². The van der Waals surface area contributed by atoms with Crippen molar-refractivity contribution in [3.8, 4) is 5.75 Å². The highest BCUT2D eigenvalue weighted by molar-refractivity contribution is 6.30. The van der Waals surface area contributed by atoms with Crippen molar-refractivity contribution in [1.82, 2.24) is 24.8 Å². The fourth-order valence-corrected chi connectivity index (χ4v) is 4.73. The summed E-state index contributed by atoms with van der Waals surface area (Å²) in [6.45, 7) is 1.42. The third-order valence-corrected chi connectivity index (χ3v) is 6.94. The molecule has 0 aliphatic carbocycles. The molecular formula is C29H30ClN5O4. The van der Waals surface area contributed by atoms with Crippen molar-refractivity contribution in [3.05, 3.63) is 89.4 Å². The molecule has 1 aliphatic heterocycles. The van der Waals surface area contributed by atoms with Gasteiger partial charge in [0.05, 0.1) is 19.6 Å². The Balaban J connectivity index is 1.31. The Kier molecular flexibility index (Phi) is 8.09. The van der Waals surface area contributed by atoms with Crippen molar-refractivity contribution in [2.45, 2.75) is 25.1 Å². The standard InChI is InChI=1S/C29H30ClN5O4/c1-33(18-22-7-3-2-4-8-22)27(36)17-29(21-38-24-13-11-23(30)12-14-24)20-34(15-16-39-29)28(37)19-35-31-25-9-5-6-10-26(25)32-35/h2-14H,15-21H2,1H3/t29-/m1/s1. The van der Waals surface area contributed by atoms with Gasteiger partial charge in [-0.05, 0) is 42.0 Å². The first-order valence-corrected chi connectivity index (χ1v) is 13.1. The third-order valence-electron chi connectivity index (χ3n) is 6.68. The Bertz CT molecular complexity index is 1400. The van der Waals surface area contributed by atoms with Gasteiger partial charge in [0.25, 0.3) is 0 Å². The maximum atomic E-state index is 13.4. The lowest BCUT2D eigenvalue weighted by Gasteiger charge is -2.42. The largest absolute Gasteiger partial charge is 0.490 e. The second-order valence-corrected chi connectivity index (χ2v) is 10.2. The number of amides is 2. The van der Waals surface area contributed by atoms with Crippen LogP contribution in [0.5, 0.6) is 5.75 Å². The van der Waals surface area contributed by atoms with E-state index in [9.17, 15) is 9.59 Å². The van der Waals surface area contributed by atoms with E-state index in [1.807, 2.05) is 54.6 Å². The van der Waals surface area contributed by atoms with Crippen LogP contribution in [0.25, 0.3) is 11.0 Å². The predicted octanol–water partition coefficient (Wildman–Crippen LogP) is 3.81. The molecule has 202 valence electrons. The number of fused-ring (bicyclic) bond motifs is 1. The van der Waals surface area contributed by atoms with Crippen molar-refractivity contribution < 1.29 is 19.1 Å². The number of benzene rings is 3. The van der Waals surface area contributed by atoms with Crippen LogP contribution in [0, 0.1) is 0 Å². The molecule has 0 bridgehead atoms. The lowest BCUT2D eigenvalue weighted by molar-refractivity contribution is -0.166. The fourth-order valence-electron chi connectivity index (χ4n) is 4.60. The average molecular weight is 548 g/mol. The Labute approximate surface area is 231 Å². The van der Waals surface area contributed by atoms with E-state index >= 15 is 0 Å². The topological polar surface area (TPSA) is 89.8 Å². The molecule has 4 aromatic rings. The Hall–Kier alpha value is -3.95. The van der Waals surface area contributed by atoms with Gasteiger partial charge in [0.2, 0.25) is 11.8 Å².